The van der Waals surface area contributed by atoms with Crippen LogP contribution in [0.5, 0.6) is 6.01 Å². The van der Waals surface area contributed by atoms with E-state index in [4.69, 9.17) is 4.74 Å². The third-order valence-corrected chi connectivity index (χ3v) is 4.86. The molecule has 0 saturated carbocycles. The average molecular weight is 347 g/mol. The molecule has 5 rings (SSSR count). The highest BCUT2D eigenvalue weighted by Crippen LogP contribution is 2.29. The first kappa shape index (κ1) is 14.2. The fourth-order valence-corrected chi connectivity index (χ4v) is 3.64. The Labute approximate surface area is 146 Å². The summed E-state index contributed by atoms with van der Waals surface area (Å²) in [7, 11) is 0. The molecule has 2 aromatic carbocycles. The van der Waals surface area contributed by atoms with E-state index in [-0.39, 0.29) is 0 Å². The lowest BCUT2D eigenvalue weighted by atomic mass is 10.2. The van der Waals surface area contributed by atoms with Crippen LogP contribution in [0.1, 0.15) is 5.56 Å². The molecular weight excluding hydrogens is 334 g/mol. The smallest absolute Gasteiger partial charge is 0.323 e. The lowest BCUT2D eigenvalue weighted by Crippen LogP contribution is -2.00. The lowest BCUT2D eigenvalue weighted by molar-refractivity contribution is 0.278. The molecule has 0 aliphatic heterocycles. The number of aromatic nitrogens is 5. The van der Waals surface area contributed by atoms with E-state index in [0.717, 1.165) is 32.8 Å². The van der Waals surface area contributed by atoms with Crippen molar-refractivity contribution in [1.29, 1.82) is 0 Å². The summed E-state index contributed by atoms with van der Waals surface area (Å²) in [5, 5.41) is 10.5. The van der Waals surface area contributed by atoms with Crippen LogP contribution in [0.4, 0.5) is 0 Å². The molecule has 0 amide bonds. The Morgan fingerprint density at radius 3 is 2.92 bits per heavy atom. The molecular formula is C18H13N5OS. The fraction of sp³-hybridized carbons (Fsp3) is 0.0556. The predicted octanol–water partition coefficient (Wildman–Crippen LogP) is 3.91. The Kier molecular flexibility index (Phi) is 3.24. The molecule has 0 atom stereocenters. The number of H-pyrrole nitrogens is 1. The van der Waals surface area contributed by atoms with Crippen LogP contribution >= 0.6 is 11.3 Å². The minimum Gasteiger partial charge on any atom is -0.458 e. The van der Waals surface area contributed by atoms with Crippen molar-refractivity contribution in [1.82, 2.24) is 24.6 Å². The second-order valence-corrected chi connectivity index (χ2v) is 6.47. The molecule has 0 fully saturated rings. The van der Waals surface area contributed by atoms with Crippen molar-refractivity contribution in [3.8, 4) is 17.3 Å². The van der Waals surface area contributed by atoms with Crippen molar-refractivity contribution < 1.29 is 4.74 Å². The van der Waals surface area contributed by atoms with Crippen LogP contribution in [-0.2, 0) is 6.61 Å². The first-order chi connectivity index (χ1) is 12.4. The summed E-state index contributed by atoms with van der Waals surface area (Å²) in [5.74, 6) is 0. The average Bonchev–Trinajstić information content (AvgIpc) is 3.37. The number of benzene rings is 2. The number of nitrogens with one attached hydrogen (secondary N) is 1. The van der Waals surface area contributed by atoms with E-state index in [0.29, 0.717) is 12.6 Å². The highest BCUT2D eigenvalue weighted by Gasteiger charge is 2.14. The summed E-state index contributed by atoms with van der Waals surface area (Å²) < 4.78 is 7.90. The Hall–Kier alpha value is -3.19. The molecule has 0 unspecified atom stereocenters. The van der Waals surface area contributed by atoms with Crippen LogP contribution in [-0.4, -0.2) is 24.6 Å². The standard InChI is InChI=1S/C18H13N5OS/c1-2-4-13(5-3-1)16-10-25-18-22-21-17(23(16)18)24-9-12-6-7-14-15(8-12)20-11-19-14/h1-8,10-11H,9H2,(H,19,20). The first-order valence-corrected chi connectivity index (χ1v) is 8.69. The zero-order valence-corrected chi connectivity index (χ0v) is 13.9. The third kappa shape index (κ3) is 2.45. The van der Waals surface area contributed by atoms with Gasteiger partial charge in [0.15, 0.2) is 0 Å². The van der Waals surface area contributed by atoms with E-state index < -0.39 is 0 Å². The number of fused-ring (bicyclic) bond motifs is 2. The quantitative estimate of drug-likeness (QED) is 0.535. The number of aromatic amines is 1. The zero-order valence-electron chi connectivity index (χ0n) is 13.1. The number of hydrogen-bond donors (Lipinski definition) is 1. The summed E-state index contributed by atoms with van der Waals surface area (Å²) in [4.78, 5) is 8.18. The lowest BCUT2D eigenvalue weighted by Gasteiger charge is -2.06. The molecule has 122 valence electrons. The highest BCUT2D eigenvalue weighted by molar-refractivity contribution is 7.15. The van der Waals surface area contributed by atoms with Crippen LogP contribution in [0.3, 0.4) is 0 Å². The number of ether oxygens (including phenoxy) is 1. The second kappa shape index (κ2) is 5.71. The molecule has 1 N–H and O–H groups in total. The van der Waals surface area contributed by atoms with Gasteiger partial charge < -0.3 is 9.72 Å². The highest BCUT2D eigenvalue weighted by atomic mass is 32.1. The van der Waals surface area contributed by atoms with E-state index in [9.17, 15) is 0 Å². The molecule has 25 heavy (non-hydrogen) atoms. The Balaban J connectivity index is 1.47. The summed E-state index contributed by atoms with van der Waals surface area (Å²) in [6.45, 7) is 0.410. The Morgan fingerprint density at radius 2 is 2.00 bits per heavy atom. The molecule has 7 heteroatoms. The molecule has 0 bridgehead atoms. The van der Waals surface area contributed by atoms with Crippen molar-refractivity contribution in [3.63, 3.8) is 0 Å². The second-order valence-electron chi connectivity index (χ2n) is 5.63. The van der Waals surface area contributed by atoms with Gasteiger partial charge in [-0.2, -0.15) is 0 Å². The van der Waals surface area contributed by atoms with Gasteiger partial charge in [0.05, 0.1) is 23.1 Å². The maximum absolute atomic E-state index is 5.95. The number of thiazole rings is 1. The van der Waals surface area contributed by atoms with Gasteiger partial charge in [-0.05, 0) is 23.3 Å². The van der Waals surface area contributed by atoms with Crippen molar-refractivity contribution >= 4 is 27.3 Å². The van der Waals surface area contributed by atoms with E-state index >= 15 is 0 Å². The van der Waals surface area contributed by atoms with Gasteiger partial charge in [-0.15, -0.1) is 16.4 Å². The normalized spacial score (nSPS) is 11.4. The van der Waals surface area contributed by atoms with Crippen molar-refractivity contribution in [2.45, 2.75) is 6.61 Å². The maximum Gasteiger partial charge on any atom is 0.323 e. The Morgan fingerprint density at radius 1 is 1.08 bits per heavy atom. The van der Waals surface area contributed by atoms with Crippen LogP contribution in [0.25, 0.3) is 27.3 Å². The van der Waals surface area contributed by atoms with Crippen LogP contribution in [0.2, 0.25) is 0 Å². The Bertz CT molecular complexity index is 1160. The molecule has 3 heterocycles. The van der Waals surface area contributed by atoms with Gasteiger partial charge in [0.25, 0.3) is 0 Å². The van der Waals surface area contributed by atoms with Gasteiger partial charge in [-0.3, -0.25) is 0 Å². The van der Waals surface area contributed by atoms with Gasteiger partial charge in [0, 0.05) is 5.38 Å². The summed E-state index contributed by atoms with van der Waals surface area (Å²) >= 11 is 1.55. The maximum atomic E-state index is 5.95. The number of imidazole rings is 1. The predicted molar refractivity (Wildman–Crippen MR) is 96.7 cm³/mol. The van der Waals surface area contributed by atoms with Gasteiger partial charge in [-0.1, -0.05) is 41.5 Å². The molecule has 3 aromatic heterocycles. The van der Waals surface area contributed by atoms with Crippen LogP contribution in [0.15, 0.2) is 60.2 Å². The monoisotopic (exact) mass is 347 g/mol. The third-order valence-electron chi connectivity index (χ3n) is 4.04. The summed E-state index contributed by atoms with van der Waals surface area (Å²) in [5.41, 5.74) is 5.11. The molecule has 0 spiro atoms. The summed E-state index contributed by atoms with van der Waals surface area (Å²) in [6.07, 6.45) is 1.69. The van der Waals surface area contributed by atoms with Gasteiger partial charge in [0.2, 0.25) is 4.96 Å². The minimum absolute atomic E-state index is 0.410. The van der Waals surface area contributed by atoms with E-state index in [1.807, 2.05) is 40.8 Å². The first-order valence-electron chi connectivity index (χ1n) is 7.81. The van der Waals surface area contributed by atoms with Crippen molar-refractivity contribution in [2.24, 2.45) is 0 Å². The van der Waals surface area contributed by atoms with E-state index in [1.54, 1.807) is 17.7 Å². The van der Waals surface area contributed by atoms with Gasteiger partial charge >= 0.3 is 6.01 Å². The van der Waals surface area contributed by atoms with Crippen molar-refractivity contribution in [2.75, 3.05) is 0 Å². The summed E-state index contributed by atoms with van der Waals surface area (Å²) in [6, 6.07) is 16.7. The zero-order chi connectivity index (χ0) is 16.6. The molecule has 0 saturated heterocycles. The number of nitrogens with zero attached hydrogens (tertiary/aromatic N) is 4. The minimum atomic E-state index is 0.410. The van der Waals surface area contributed by atoms with E-state index in [2.05, 4.69) is 37.7 Å². The topological polar surface area (TPSA) is 68.1 Å². The van der Waals surface area contributed by atoms with Crippen LogP contribution < -0.4 is 4.74 Å². The van der Waals surface area contributed by atoms with Crippen molar-refractivity contribution in [3.05, 3.63) is 65.8 Å². The SMILES string of the molecule is c1ccc(-c2csc3nnc(OCc4ccc5[nH]cnc5c4)n23)cc1. The van der Waals surface area contributed by atoms with Crippen LogP contribution in [0, 0.1) is 0 Å². The van der Waals surface area contributed by atoms with Gasteiger partial charge in [0.1, 0.15) is 6.61 Å². The molecule has 5 aromatic rings. The largest absolute Gasteiger partial charge is 0.458 e. The fourth-order valence-electron chi connectivity index (χ4n) is 2.81. The molecule has 0 radical (unpaired) electrons. The molecule has 0 aliphatic rings. The van der Waals surface area contributed by atoms with Gasteiger partial charge in [-0.25, -0.2) is 9.38 Å². The molecule has 6 nitrogen and oxygen atoms in total. The number of rotatable bonds is 4. The molecule has 0 aliphatic carbocycles. The number of hydrogen-bond acceptors (Lipinski definition) is 5. The van der Waals surface area contributed by atoms with E-state index in [1.165, 1.54) is 0 Å².